The van der Waals surface area contributed by atoms with E-state index in [9.17, 15) is 13.2 Å². The lowest BCUT2D eigenvalue weighted by Gasteiger charge is -2.26. The van der Waals surface area contributed by atoms with Crippen LogP contribution >= 0.6 is 0 Å². The van der Waals surface area contributed by atoms with Crippen molar-refractivity contribution in [3.05, 3.63) is 65.7 Å². The predicted octanol–water partition coefficient (Wildman–Crippen LogP) is 3.04. The van der Waals surface area contributed by atoms with Gasteiger partial charge in [0.15, 0.2) is 0 Å². The van der Waals surface area contributed by atoms with Crippen LogP contribution in [-0.2, 0) is 26.0 Å². The molecule has 0 spiro atoms. The number of carbonyl (C=O) groups excluding carboxylic acids is 1. The Morgan fingerprint density at radius 1 is 1.00 bits per heavy atom. The van der Waals surface area contributed by atoms with E-state index in [4.69, 9.17) is 4.74 Å². The molecule has 0 bridgehead atoms. The van der Waals surface area contributed by atoms with Gasteiger partial charge in [0, 0.05) is 38.0 Å². The predicted molar refractivity (Wildman–Crippen MR) is 119 cm³/mol. The molecule has 0 aliphatic carbocycles. The first-order chi connectivity index (χ1) is 15.0. The zero-order chi connectivity index (χ0) is 21.8. The largest absolute Gasteiger partial charge is 0.379 e. The molecule has 0 radical (unpaired) electrons. The Morgan fingerprint density at radius 3 is 2.35 bits per heavy atom. The van der Waals surface area contributed by atoms with Crippen LogP contribution in [0.5, 0.6) is 0 Å². The highest BCUT2D eigenvalue weighted by atomic mass is 32.2. The molecule has 1 amide bonds. The Balaban J connectivity index is 1.33. The smallest absolute Gasteiger partial charge is 0.243 e. The summed E-state index contributed by atoms with van der Waals surface area (Å²) in [4.78, 5) is 15.1. The van der Waals surface area contributed by atoms with Gasteiger partial charge in [-0.1, -0.05) is 42.5 Å². The zero-order valence-corrected chi connectivity index (χ0v) is 18.8. The minimum Gasteiger partial charge on any atom is -0.379 e. The number of likely N-dealkylation sites (tertiary alicyclic amines) is 1. The molecule has 166 valence electrons. The van der Waals surface area contributed by atoms with Crippen molar-refractivity contribution in [3.8, 4) is 0 Å². The van der Waals surface area contributed by atoms with E-state index in [0.29, 0.717) is 50.0 Å². The number of aryl methyl sites for hydroxylation is 1. The molecule has 2 aliphatic heterocycles. The summed E-state index contributed by atoms with van der Waals surface area (Å²) in [5.74, 6) is 0.547. The molecule has 7 heteroatoms. The first kappa shape index (κ1) is 22.0. The number of nitrogens with zero attached hydrogens (tertiary/aromatic N) is 2. The van der Waals surface area contributed by atoms with Gasteiger partial charge in [-0.05, 0) is 43.0 Å². The Hall–Kier alpha value is -2.22. The van der Waals surface area contributed by atoms with Crippen LogP contribution in [0, 0.1) is 0 Å². The van der Waals surface area contributed by atoms with Gasteiger partial charge in [-0.25, -0.2) is 8.42 Å². The van der Waals surface area contributed by atoms with Crippen molar-refractivity contribution >= 4 is 15.9 Å². The van der Waals surface area contributed by atoms with E-state index in [0.717, 1.165) is 18.5 Å². The van der Waals surface area contributed by atoms with E-state index in [1.807, 2.05) is 23.1 Å². The van der Waals surface area contributed by atoms with Gasteiger partial charge in [-0.15, -0.1) is 0 Å². The second kappa shape index (κ2) is 9.51. The van der Waals surface area contributed by atoms with Crippen LogP contribution in [0.2, 0.25) is 0 Å². The van der Waals surface area contributed by atoms with Gasteiger partial charge >= 0.3 is 0 Å². The van der Waals surface area contributed by atoms with Crippen LogP contribution in [0.1, 0.15) is 36.8 Å². The van der Waals surface area contributed by atoms with Crippen LogP contribution < -0.4 is 0 Å². The molecule has 2 aromatic rings. The Morgan fingerprint density at radius 2 is 1.68 bits per heavy atom. The SMILES string of the molecule is C[C@@H]1[C@@H](c2ccccc2)CCN1C(=O)CCc1ccc(S(=O)(=O)N2CCOCC2)cc1. The quantitative estimate of drug-likeness (QED) is 0.690. The normalized spacial score (nSPS) is 22.5. The van der Waals surface area contributed by atoms with Crippen LogP contribution in [-0.4, -0.2) is 62.4 Å². The lowest BCUT2D eigenvalue weighted by atomic mass is 9.93. The third kappa shape index (κ3) is 4.84. The minimum absolute atomic E-state index is 0.163. The minimum atomic E-state index is -3.48. The molecule has 2 heterocycles. The molecule has 2 aromatic carbocycles. The van der Waals surface area contributed by atoms with Crippen molar-refractivity contribution in [2.24, 2.45) is 0 Å². The third-order valence-corrected chi connectivity index (χ3v) is 8.37. The molecular weight excluding hydrogens is 412 g/mol. The lowest BCUT2D eigenvalue weighted by molar-refractivity contribution is -0.131. The number of morpholine rings is 1. The van der Waals surface area contributed by atoms with Gasteiger partial charge < -0.3 is 9.64 Å². The van der Waals surface area contributed by atoms with Crippen molar-refractivity contribution in [1.82, 2.24) is 9.21 Å². The monoisotopic (exact) mass is 442 g/mol. The highest BCUT2D eigenvalue weighted by Gasteiger charge is 2.34. The lowest BCUT2D eigenvalue weighted by Crippen LogP contribution is -2.40. The fraction of sp³-hybridized carbons (Fsp3) is 0.458. The summed E-state index contributed by atoms with van der Waals surface area (Å²) < 4.78 is 32.2. The maximum atomic E-state index is 12.9. The van der Waals surface area contributed by atoms with Gasteiger partial charge in [-0.3, -0.25) is 4.79 Å². The number of rotatable bonds is 6. The van der Waals surface area contributed by atoms with Crippen LogP contribution in [0.3, 0.4) is 0 Å². The molecule has 0 saturated carbocycles. The van der Waals surface area contributed by atoms with Crippen LogP contribution in [0.15, 0.2) is 59.5 Å². The summed E-state index contributed by atoms with van der Waals surface area (Å²) in [7, 11) is -3.48. The maximum Gasteiger partial charge on any atom is 0.243 e. The fourth-order valence-electron chi connectivity index (χ4n) is 4.60. The van der Waals surface area contributed by atoms with Gasteiger partial charge in [-0.2, -0.15) is 4.31 Å². The second-order valence-electron chi connectivity index (χ2n) is 8.29. The van der Waals surface area contributed by atoms with Crippen molar-refractivity contribution in [3.63, 3.8) is 0 Å². The van der Waals surface area contributed by atoms with E-state index in [1.165, 1.54) is 9.87 Å². The summed E-state index contributed by atoms with van der Waals surface area (Å²) in [5, 5.41) is 0. The molecule has 31 heavy (non-hydrogen) atoms. The third-order valence-electron chi connectivity index (χ3n) is 6.46. The Labute approximate surface area is 184 Å². The van der Waals surface area contributed by atoms with Crippen LogP contribution in [0.4, 0.5) is 0 Å². The molecule has 2 aliphatic rings. The van der Waals surface area contributed by atoms with E-state index in [2.05, 4.69) is 31.2 Å². The zero-order valence-electron chi connectivity index (χ0n) is 17.9. The Kier molecular flexibility index (Phi) is 6.74. The van der Waals surface area contributed by atoms with Crippen molar-refractivity contribution < 1.29 is 17.9 Å². The summed E-state index contributed by atoms with van der Waals surface area (Å²) in [6, 6.07) is 17.5. The van der Waals surface area contributed by atoms with Crippen molar-refractivity contribution in [2.75, 3.05) is 32.8 Å². The number of hydrogen-bond donors (Lipinski definition) is 0. The summed E-state index contributed by atoms with van der Waals surface area (Å²) in [6.45, 7) is 4.55. The number of benzene rings is 2. The number of sulfonamides is 1. The van der Waals surface area contributed by atoms with Crippen molar-refractivity contribution in [1.29, 1.82) is 0 Å². The van der Waals surface area contributed by atoms with Gasteiger partial charge in [0.25, 0.3) is 0 Å². The molecule has 2 saturated heterocycles. The molecule has 0 aromatic heterocycles. The standard InChI is InChI=1S/C24H30N2O4S/c1-19-23(21-5-3-2-4-6-21)13-14-26(19)24(27)12-9-20-7-10-22(11-8-20)31(28,29)25-15-17-30-18-16-25/h2-8,10-11,19,23H,9,12-18H2,1H3/t19-,23+/m1/s1. The highest BCUT2D eigenvalue weighted by Crippen LogP contribution is 2.33. The molecular formula is C24H30N2O4S. The average molecular weight is 443 g/mol. The number of carbonyl (C=O) groups is 1. The first-order valence-electron chi connectivity index (χ1n) is 11.0. The first-order valence-corrected chi connectivity index (χ1v) is 12.4. The second-order valence-corrected chi connectivity index (χ2v) is 10.2. The van der Waals surface area contributed by atoms with E-state index in [-0.39, 0.29) is 11.9 Å². The summed E-state index contributed by atoms with van der Waals surface area (Å²) >= 11 is 0. The molecule has 6 nitrogen and oxygen atoms in total. The maximum absolute atomic E-state index is 12.9. The van der Waals surface area contributed by atoms with E-state index < -0.39 is 10.0 Å². The van der Waals surface area contributed by atoms with E-state index >= 15 is 0 Å². The summed E-state index contributed by atoms with van der Waals surface area (Å²) in [6.07, 6.45) is 2.03. The van der Waals surface area contributed by atoms with Crippen LogP contribution in [0.25, 0.3) is 0 Å². The topological polar surface area (TPSA) is 66.9 Å². The number of hydrogen-bond acceptors (Lipinski definition) is 4. The van der Waals surface area contributed by atoms with Gasteiger partial charge in [0.1, 0.15) is 0 Å². The summed E-state index contributed by atoms with van der Waals surface area (Å²) in [5.41, 5.74) is 2.27. The highest BCUT2D eigenvalue weighted by molar-refractivity contribution is 7.89. The molecule has 4 rings (SSSR count). The fourth-order valence-corrected chi connectivity index (χ4v) is 6.00. The molecule has 0 unspecified atom stereocenters. The average Bonchev–Trinajstić information content (AvgIpc) is 3.20. The Bertz CT molecular complexity index is 986. The molecule has 0 N–H and O–H groups in total. The number of amides is 1. The number of ether oxygens (including phenoxy) is 1. The molecule has 2 atom stereocenters. The van der Waals surface area contributed by atoms with Gasteiger partial charge in [0.05, 0.1) is 18.1 Å². The molecule has 2 fully saturated rings. The van der Waals surface area contributed by atoms with E-state index in [1.54, 1.807) is 12.1 Å². The van der Waals surface area contributed by atoms with Crippen molar-refractivity contribution in [2.45, 2.75) is 43.0 Å². The van der Waals surface area contributed by atoms with Gasteiger partial charge in [0.2, 0.25) is 15.9 Å².